The van der Waals surface area contributed by atoms with Crippen LogP contribution in [0.15, 0.2) is 48.5 Å². The minimum atomic E-state index is -4.39. The Morgan fingerprint density at radius 1 is 0.923 bits per heavy atom. The fourth-order valence-corrected chi connectivity index (χ4v) is 5.29. The fraction of sp³-hybridized carbons (Fsp3) is 0.500. The fourth-order valence-electron chi connectivity index (χ4n) is 5.29. The van der Waals surface area contributed by atoms with Crippen LogP contribution < -0.4 is 0 Å². The Bertz CT molecular complexity index is 1140. The number of halogens is 3. The van der Waals surface area contributed by atoms with Crippen molar-refractivity contribution in [2.45, 2.75) is 37.2 Å². The standard InChI is InChI=1S/C28H35F3N4O4/c1-32(26(38)21-5-3-19(4-6-21)20-7-9-22(10-8-20)28(29,30)31)24-12-14-35(16-24)27(39)33(2)23-11-13-34(15-23)17-25(37)18-36/h3-10,23-25,36-37H,11-18H2,1-2H3/t23?,24-,25?/m0/s1. The van der Waals surface area contributed by atoms with Gasteiger partial charge in [0, 0.05) is 58.4 Å². The predicted molar refractivity (Wildman–Crippen MR) is 140 cm³/mol. The van der Waals surface area contributed by atoms with Crippen LogP contribution in [0, 0.1) is 0 Å². The molecule has 2 aliphatic heterocycles. The van der Waals surface area contributed by atoms with Crippen LogP contribution in [0.3, 0.4) is 0 Å². The summed E-state index contributed by atoms with van der Waals surface area (Å²) < 4.78 is 38.5. The van der Waals surface area contributed by atoms with Crippen molar-refractivity contribution < 1.29 is 33.0 Å². The number of rotatable bonds is 7. The maximum Gasteiger partial charge on any atom is 0.416 e. The monoisotopic (exact) mass is 548 g/mol. The summed E-state index contributed by atoms with van der Waals surface area (Å²) in [5, 5.41) is 18.8. The molecule has 4 rings (SSSR count). The van der Waals surface area contributed by atoms with Crippen LogP contribution in [0.1, 0.15) is 28.8 Å². The van der Waals surface area contributed by atoms with Crippen LogP contribution in [-0.4, -0.2) is 113 Å². The van der Waals surface area contributed by atoms with Gasteiger partial charge in [0.15, 0.2) is 0 Å². The lowest BCUT2D eigenvalue weighted by Gasteiger charge is -2.30. The summed E-state index contributed by atoms with van der Waals surface area (Å²) in [5.74, 6) is -0.185. The molecule has 0 radical (unpaired) electrons. The smallest absolute Gasteiger partial charge is 0.394 e. The molecule has 0 spiro atoms. The van der Waals surface area contributed by atoms with Crippen molar-refractivity contribution in [3.05, 3.63) is 59.7 Å². The second-order valence-electron chi connectivity index (χ2n) is 10.4. The van der Waals surface area contributed by atoms with E-state index in [-0.39, 0.29) is 30.6 Å². The Balaban J connectivity index is 1.31. The number of carbonyl (C=O) groups excluding carboxylic acids is 2. The average Bonchev–Trinajstić information content (AvgIpc) is 3.61. The number of aliphatic hydroxyl groups is 2. The summed E-state index contributed by atoms with van der Waals surface area (Å²) >= 11 is 0. The van der Waals surface area contributed by atoms with Crippen molar-refractivity contribution in [3.63, 3.8) is 0 Å². The molecule has 2 unspecified atom stereocenters. The molecule has 3 amide bonds. The van der Waals surface area contributed by atoms with Gasteiger partial charge in [-0.05, 0) is 48.2 Å². The van der Waals surface area contributed by atoms with Gasteiger partial charge in [-0.1, -0.05) is 24.3 Å². The molecule has 2 heterocycles. The first-order chi connectivity index (χ1) is 18.5. The third-order valence-corrected chi connectivity index (χ3v) is 7.76. The van der Waals surface area contributed by atoms with E-state index in [1.165, 1.54) is 12.1 Å². The maximum atomic E-state index is 13.2. The van der Waals surface area contributed by atoms with E-state index in [1.807, 2.05) is 4.90 Å². The molecule has 3 atom stereocenters. The lowest BCUT2D eigenvalue weighted by Crippen LogP contribution is -2.47. The highest BCUT2D eigenvalue weighted by molar-refractivity contribution is 5.95. The number of aliphatic hydroxyl groups excluding tert-OH is 2. The van der Waals surface area contributed by atoms with Gasteiger partial charge < -0.3 is 24.9 Å². The lowest BCUT2D eigenvalue weighted by atomic mass is 10.0. The minimum Gasteiger partial charge on any atom is -0.394 e. The molecule has 2 saturated heterocycles. The molecule has 0 aromatic heterocycles. The Morgan fingerprint density at radius 2 is 1.49 bits per heavy atom. The first-order valence-corrected chi connectivity index (χ1v) is 13.1. The number of likely N-dealkylation sites (N-methyl/N-ethyl adjacent to an activating group) is 2. The summed E-state index contributed by atoms with van der Waals surface area (Å²) in [6.45, 7) is 2.43. The zero-order chi connectivity index (χ0) is 28.3. The van der Waals surface area contributed by atoms with Crippen molar-refractivity contribution in [1.29, 1.82) is 0 Å². The molecule has 0 aliphatic carbocycles. The molecular formula is C28H35F3N4O4. The molecule has 0 bridgehead atoms. The molecule has 0 saturated carbocycles. The summed E-state index contributed by atoms with van der Waals surface area (Å²) in [6.07, 6.45) is -3.74. The van der Waals surface area contributed by atoms with Crippen LogP contribution >= 0.6 is 0 Å². The van der Waals surface area contributed by atoms with Gasteiger partial charge in [-0.25, -0.2) is 4.79 Å². The normalized spacial score (nSPS) is 20.7. The third kappa shape index (κ3) is 6.71. The highest BCUT2D eigenvalue weighted by Gasteiger charge is 2.36. The molecule has 2 N–H and O–H groups in total. The summed E-state index contributed by atoms with van der Waals surface area (Å²) in [5.41, 5.74) is 1.09. The van der Waals surface area contributed by atoms with Crippen molar-refractivity contribution in [1.82, 2.24) is 19.6 Å². The van der Waals surface area contributed by atoms with Gasteiger partial charge in [-0.15, -0.1) is 0 Å². The van der Waals surface area contributed by atoms with Gasteiger partial charge in [0.25, 0.3) is 5.91 Å². The Labute approximate surface area is 226 Å². The second kappa shape index (κ2) is 11.9. The highest BCUT2D eigenvalue weighted by atomic mass is 19.4. The van der Waals surface area contributed by atoms with Crippen molar-refractivity contribution in [3.8, 4) is 11.1 Å². The van der Waals surface area contributed by atoms with E-state index in [0.717, 1.165) is 25.1 Å². The van der Waals surface area contributed by atoms with Crippen LogP contribution in [-0.2, 0) is 6.18 Å². The molecule has 2 fully saturated rings. The molecular weight excluding hydrogens is 513 g/mol. The Hall–Kier alpha value is -3.15. The number of amides is 3. The van der Waals surface area contributed by atoms with Crippen molar-refractivity contribution in [2.24, 2.45) is 0 Å². The molecule has 212 valence electrons. The van der Waals surface area contributed by atoms with Crippen LogP contribution in [0.25, 0.3) is 11.1 Å². The van der Waals surface area contributed by atoms with E-state index in [1.54, 1.807) is 53.1 Å². The van der Waals surface area contributed by atoms with E-state index in [0.29, 0.717) is 49.3 Å². The molecule has 2 aromatic rings. The number of nitrogens with zero attached hydrogens (tertiary/aromatic N) is 4. The van der Waals surface area contributed by atoms with E-state index in [4.69, 9.17) is 5.11 Å². The van der Waals surface area contributed by atoms with Crippen molar-refractivity contribution in [2.75, 3.05) is 53.4 Å². The van der Waals surface area contributed by atoms with Gasteiger partial charge >= 0.3 is 12.2 Å². The van der Waals surface area contributed by atoms with Gasteiger partial charge in [0.2, 0.25) is 0 Å². The van der Waals surface area contributed by atoms with E-state index >= 15 is 0 Å². The van der Waals surface area contributed by atoms with Gasteiger partial charge in [0.1, 0.15) is 0 Å². The second-order valence-corrected chi connectivity index (χ2v) is 10.4. The predicted octanol–water partition coefficient (Wildman–Crippen LogP) is 3.00. The topological polar surface area (TPSA) is 87.6 Å². The number of β-amino-alcohol motifs (C(OH)–C–C–N with tert-alkyl or cyclic N) is 1. The number of carbonyl (C=O) groups is 2. The van der Waals surface area contributed by atoms with Gasteiger partial charge in [0.05, 0.1) is 24.3 Å². The van der Waals surface area contributed by atoms with Crippen LogP contribution in [0.4, 0.5) is 18.0 Å². The summed E-state index contributed by atoms with van der Waals surface area (Å²) in [7, 11) is 3.50. The lowest BCUT2D eigenvalue weighted by molar-refractivity contribution is -0.137. The van der Waals surface area contributed by atoms with E-state index in [9.17, 15) is 27.9 Å². The molecule has 2 aromatic carbocycles. The molecule has 2 aliphatic rings. The first-order valence-electron chi connectivity index (χ1n) is 13.1. The molecule has 39 heavy (non-hydrogen) atoms. The van der Waals surface area contributed by atoms with Crippen molar-refractivity contribution >= 4 is 11.9 Å². The van der Waals surface area contributed by atoms with E-state index < -0.39 is 17.8 Å². The number of benzene rings is 2. The average molecular weight is 549 g/mol. The number of likely N-dealkylation sites (tertiary alicyclic amines) is 2. The van der Waals surface area contributed by atoms with Crippen LogP contribution in [0.2, 0.25) is 0 Å². The molecule has 11 heteroatoms. The summed E-state index contributed by atoms with van der Waals surface area (Å²) in [4.78, 5) is 33.5. The largest absolute Gasteiger partial charge is 0.416 e. The van der Waals surface area contributed by atoms with Gasteiger partial charge in [-0.3, -0.25) is 9.69 Å². The zero-order valence-corrected chi connectivity index (χ0v) is 22.1. The summed E-state index contributed by atoms with van der Waals surface area (Å²) in [6, 6.07) is 11.5. The Morgan fingerprint density at radius 3 is 2.08 bits per heavy atom. The van der Waals surface area contributed by atoms with E-state index in [2.05, 4.69) is 0 Å². The maximum absolute atomic E-state index is 13.2. The van der Waals surface area contributed by atoms with Crippen LogP contribution in [0.5, 0.6) is 0 Å². The zero-order valence-electron chi connectivity index (χ0n) is 22.1. The molecule has 8 nitrogen and oxygen atoms in total. The number of urea groups is 1. The third-order valence-electron chi connectivity index (χ3n) is 7.76. The highest BCUT2D eigenvalue weighted by Crippen LogP contribution is 2.31. The minimum absolute atomic E-state index is 0.0185. The number of hydrogen-bond acceptors (Lipinski definition) is 5. The first kappa shape index (κ1) is 28.8. The number of alkyl halides is 3. The Kier molecular flexibility index (Phi) is 8.83. The number of hydrogen-bond donors (Lipinski definition) is 2. The quantitative estimate of drug-likeness (QED) is 0.556. The SMILES string of the molecule is CN(C(=O)N1CC[C@H](N(C)C(=O)c2ccc(-c3ccc(C(F)(F)F)cc3)cc2)C1)C1CCN(CC(O)CO)C1. The van der Waals surface area contributed by atoms with Gasteiger partial charge in [-0.2, -0.15) is 13.2 Å².